The standard InChI is InChI=1S/C13H14N2O/c16-15-10-6-13(7-11-15)3-1-2-12-4-8-14-9-5-12/h4-11H,1-3H2. The van der Waals surface area contributed by atoms with Crippen LogP contribution < -0.4 is 4.73 Å². The first-order chi connectivity index (χ1) is 7.84. The second-order valence-corrected chi connectivity index (χ2v) is 3.78. The Labute approximate surface area is 95.0 Å². The molecule has 82 valence electrons. The summed E-state index contributed by atoms with van der Waals surface area (Å²) in [5, 5.41) is 10.8. The molecule has 0 aromatic carbocycles. The van der Waals surface area contributed by atoms with Crippen LogP contribution in [-0.2, 0) is 12.8 Å². The third-order valence-electron chi connectivity index (χ3n) is 2.55. The van der Waals surface area contributed by atoms with Gasteiger partial charge < -0.3 is 5.21 Å². The van der Waals surface area contributed by atoms with Crippen LogP contribution in [0, 0.1) is 5.21 Å². The summed E-state index contributed by atoms with van der Waals surface area (Å²) in [4.78, 5) is 3.98. The van der Waals surface area contributed by atoms with E-state index in [1.54, 1.807) is 12.4 Å². The Kier molecular flexibility index (Phi) is 3.49. The smallest absolute Gasteiger partial charge is 0.180 e. The molecular weight excluding hydrogens is 200 g/mol. The van der Waals surface area contributed by atoms with E-state index in [4.69, 9.17) is 0 Å². The van der Waals surface area contributed by atoms with Crippen LogP contribution in [0.5, 0.6) is 0 Å². The van der Waals surface area contributed by atoms with Crippen LogP contribution in [0.25, 0.3) is 0 Å². The van der Waals surface area contributed by atoms with Crippen molar-refractivity contribution in [3.63, 3.8) is 0 Å². The Morgan fingerprint density at radius 2 is 1.50 bits per heavy atom. The first kappa shape index (κ1) is 10.6. The first-order valence-electron chi connectivity index (χ1n) is 5.41. The van der Waals surface area contributed by atoms with Crippen molar-refractivity contribution in [1.29, 1.82) is 0 Å². The van der Waals surface area contributed by atoms with E-state index < -0.39 is 0 Å². The van der Waals surface area contributed by atoms with Crippen molar-refractivity contribution in [3.05, 3.63) is 65.4 Å². The van der Waals surface area contributed by atoms with Crippen molar-refractivity contribution in [2.45, 2.75) is 19.3 Å². The number of aromatic nitrogens is 2. The molecule has 0 aliphatic carbocycles. The van der Waals surface area contributed by atoms with E-state index in [9.17, 15) is 5.21 Å². The minimum Gasteiger partial charge on any atom is -0.619 e. The van der Waals surface area contributed by atoms with Gasteiger partial charge >= 0.3 is 0 Å². The predicted molar refractivity (Wildman–Crippen MR) is 61.7 cm³/mol. The molecule has 3 heteroatoms. The number of nitrogens with zero attached hydrogens (tertiary/aromatic N) is 2. The molecule has 0 fully saturated rings. The van der Waals surface area contributed by atoms with E-state index in [0.717, 1.165) is 24.0 Å². The van der Waals surface area contributed by atoms with Gasteiger partial charge in [0.1, 0.15) is 0 Å². The third-order valence-corrected chi connectivity index (χ3v) is 2.55. The molecule has 2 heterocycles. The maximum atomic E-state index is 10.8. The summed E-state index contributed by atoms with van der Waals surface area (Å²) < 4.78 is 0.812. The largest absolute Gasteiger partial charge is 0.619 e. The minimum absolute atomic E-state index is 0.812. The molecule has 0 amide bonds. The fourth-order valence-electron chi connectivity index (χ4n) is 1.66. The van der Waals surface area contributed by atoms with E-state index >= 15 is 0 Å². The van der Waals surface area contributed by atoms with Crippen LogP contribution in [0.3, 0.4) is 0 Å². The Balaban J connectivity index is 1.82. The van der Waals surface area contributed by atoms with Crippen molar-refractivity contribution in [1.82, 2.24) is 4.98 Å². The molecule has 16 heavy (non-hydrogen) atoms. The van der Waals surface area contributed by atoms with E-state index in [1.165, 1.54) is 11.1 Å². The van der Waals surface area contributed by atoms with Gasteiger partial charge in [-0.25, -0.2) is 0 Å². The zero-order valence-electron chi connectivity index (χ0n) is 9.04. The zero-order chi connectivity index (χ0) is 11.2. The number of hydrogen-bond donors (Lipinski definition) is 0. The van der Waals surface area contributed by atoms with Crippen LogP contribution in [0.15, 0.2) is 49.1 Å². The molecular formula is C13H14N2O. The lowest BCUT2D eigenvalue weighted by atomic mass is 10.1. The van der Waals surface area contributed by atoms with Gasteiger partial charge in [0.2, 0.25) is 0 Å². The minimum atomic E-state index is 0.812. The Morgan fingerprint density at radius 1 is 0.938 bits per heavy atom. The maximum Gasteiger partial charge on any atom is 0.180 e. The van der Waals surface area contributed by atoms with Gasteiger partial charge in [-0.2, -0.15) is 4.73 Å². The zero-order valence-corrected chi connectivity index (χ0v) is 9.04. The second-order valence-electron chi connectivity index (χ2n) is 3.78. The van der Waals surface area contributed by atoms with E-state index in [0.29, 0.717) is 0 Å². The van der Waals surface area contributed by atoms with Gasteiger partial charge in [-0.3, -0.25) is 4.98 Å². The van der Waals surface area contributed by atoms with Gasteiger partial charge in [0.25, 0.3) is 0 Å². The van der Waals surface area contributed by atoms with E-state index in [1.807, 2.05) is 36.7 Å². The average Bonchev–Trinajstić information content (AvgIpc) is 2.33. The molecule has 3 nitrogen and oxygen atoms in total. The lowest BCUT2D eigenvalue weighted by Gasteiger charge is -2.02. The molecule has 0 spiro atoms. The molecule has 0 aliphatic heterocycles. The monoisotopic (exact) mass is 214 g/mol. The molecule has 2 rings (SSSR count). The van der Waals surface area contributed by atoms with Gasteiger partial charge in [0.15, 0.2) is 12.4 Å². The Hall–Kier alpha value is -1.90. The van der Waals surface area contributed by atoms with Crippen molar-refractivity contribution in [2.75, 3.05) is 0 Å². The normalized spacial score (nSPS) is 10.2. The van der Waals surface area contributed by atoms with Crippen molar-refractivity contribution < 1.29 is 4.73 Å². The van der Waals surface area contributed by atoms with Gasteiger partial charge in [0.05, 0.1) is 0 Å². The molecule has 0 radical (unpaired) electrons. The Morgan fingerprint density at radius 3 is 2.12 bits per heavy atom. The molecule has 2 aromatic rings. The molecule has 2 aromatic heterocycles. The summed E-state index contributed by atoms with van der Waals surface area (Å²) in [5.74, 6) is 0. The molecule has 0 bridgehead atoms. The number of pyridine rings is 2. The Bertz CT molecular complexity index is 425. The van der Waals surface area contributed by atoms with Crippen LogP contribution in [0.4, 0.5) is 0 Å². The van der Waals surface area contributed by atoms with Crippen LogP contribution in [0.2, 0.25) is 0 Å². The predicted octanol–water partition coefficient (Wildman–Crippen LogP) is 1.89. The lowest BCUT2D eigenvalue weighted by Crippen LogP contribution is -2.23. The fourth-order valence-corrected chi connectivity index (χ4v) is 1.66. The van der Waals surface area contributed by atoms with Gasteiger partial charge in [0, 0.05) is 24.5 Å². The third kappa shape index (κ3) is 3.05. The van der Waals surface area contributed by atoms with Crippen LogP contribution in [-0.4, -0.2) is 4.98 Å². The van der Waals surface area contributed by atoms with Crippen molar-refractivity contribution in [2.24, 2.45) is 0 Å². The first-order valence-corrected chi connectivity index (χ1v) is 5.41. The fraction of sp³-hybridized carbons (Fsp3) is 0.231. The van der Waals surface area contributed by atoms with Gasteiger partial charge in [-0.1, -0.05) is 0 Å². The number of hydrogen-bond acceptors (Lipinski definition) is 2. The summed E-state index contributed by atoms with van der Waals surface area (Å²) in [5.41, 5.74) is 2.52. The highest BCUT2D eigenvalue weighted by molar-refractivity contribution is 5.11. The average molecular weight is 214 g/mol. The molecule has 0 N–H and O–H groups in total. The maximum absolute atomic E-state index is 10.8. The molecule has 0 atom stereocenters. The highest BCUT2D eigenvalue weighted by Gasteiger charge is 1.96. The van der Waals surface area contributed by atoms with E-state index in [-0.39, 0.29) is 0 Å². The van der Waals surface area contributed by atoms with Crippen molar-refractivity contribution >= 4 is 0 Å². The highest BCUT2D eigenvalue weighted by Crippen LogP contribution is 2.06. The molecule has 0 unspecified atom stereocenters. The molecule has 0 saturated heterocycles. The van der Waals surface area contributed by atoms with E-state index in [2.05, 4.69) is 4.98 Å². The summed E-state index contributed by atoms with van der Waals surface area (Å²) in [7, 11) is 0. The van der Waals surface area contributed by atoms with Crippen molar-refractivity contribution in [3.8, 4) is 0 Å². The van der Waals surface area contributed by atoms with Gasteiger partial charge in [-0.05, 0) is 42.5 Å². The topological polar surface area (TPSA) is 39.8 Å². The lowest BCUT2D eigenvalue weighted by molar-refractivity contribution is -0.605. The number of aryl methyl sites for hydroxylation is 2. The highest BCUT2D eigenvalue weighted by atomic mass is 16.5. The summed E-state index contributed by atoms with van der Waals surface area (Å²) in [6.07, 6.45) is 9.87. The summed E-state index contributed by atoms with van der Waals surface area (Å²) in [6.45, 7) is 0. The molecule has 0 saturated carbocycles. The van der Waals surface area contributed by atoms with Crippen LogP contribution in [0.1, 0.15) is 17.5 Å². The van der Waals surface area contributed by atoms with Crippen LogP contribution >= 0.6 is 0 Å². The van der Waals surface area contributed by atoms with Gasteiger partial charge in [-0.15, -0.1) is 0 Å². The second kappa shape index (κ2) is 5.26. The summed E-state index contributed by atoms with van der Waals surface area (Å²) in [6, 6.07) is 7.83. The number of rotatable bonds is 4. The quantitative estimate of drug-likeness (QED) is 0.576. The summed E-state index contributed by atoms with van der Waals surface area (Å²) >= 11 is 0. The molecule has 0 aliphatic rings. The SMILES string of the molecule is [O-][n+]1ccc(CCCc2ccncc2)cc1.